The van der Waals surface area contributed by atoms with Crippen molar-refractivity contribution in [2.24, 2.45) is 0 Å². The van der Waals surface area contributed by atoms with Crippen LogP contribution in [0.5, 0.6) is 0 Å². The molecule has 2 N–H and O–H groups in total. The van der Waals surface area contributed by atoms with Gasteiger partial charge < -0.3 is 5.73 Å². The monoisotopic (exact) mass is 199 g/mol. The highest BCUT2D eigenvalue weighted by Crippen LogP contribution is 2.07. The number of terminal acetylenes is 1. The molecule has 0 aliphatic carbocycles. The number of rotatable bonds is 4. The van der Waals surface area contributed by atoms with Crippen LogP contribution < -0.4 is 5.73 Å². The topological polar surface area (TPSA) is 43.1 Å². The summed E-state index contributed by atoms with van der Waals surface area (Å²) in [7, 11) is 0. The van der Waals surface area contributed by atoms with Crippen molar-refractivity contribution in [1.82, 2.24) is 0 Å². The molecule has 0 atom stereocenters. The first kappa shape index (κ1) is 11.1. The number of allylic oxidation sites excluding steroid dienone is 1. The smallest absolute Gasteiger partial charge is 0.156 e. The van der Waals surface area contributed by atoms with Crippen LogP contribution in [0.2, 0.25) is 0 Å². The number of hydrogen-bond acceptors (Lipinski definition) is 2. The normalized spacial score (nSPS) is 10.1. The molecule has 0 unspecified atom stereocenters. The molecule has 0 spiro atoms. The van der Waals surface area contributed by atoms with Crippen LogP contribution in [0.3, 0.4) is 0 Å². The van der Waals surface area contributed by atoms with Gasteiger partial charge in [-0.25, -0.2) is 0 Å². The first-order valence-corrected chi connectivity index (χ1v) is 4.72. The van der Waals surface area contributed by atoms with Crippen LogP contribution in [-0.2, 0) is 4.79 Å². The molecular weight excluding hydrogens is 186 g/mol. The summed E-state index contributed by atoms with van der Waals surface area (Å²) in [6.45, 7) is 0. The highest BCUT2D eigenvalue weighted by atomic mass is 16.1. The van der Waals surface area contributed by atoms with E-state index in [1.54, 1.807) is 24.3 Å². The van der Waals surface area contributed by atoms with Gasteiger partial charge in [0.1, 0.15) is 0 Å². The molecule has 15 heavy (non-hydrogen) atoms. The van der Waals surface area contributed by atoms with Crippen molar-refractivity contribution < 1.29 is 4.79 Å². The number of hydrogen-bond donors (Lipinski definition) is 1. The van der Waals surface area contributed by atoms with Gasteiger partial charge in [-0.2, -0.15) is 0 Å². The maximum Gasteiger partial charge on any atom is 0.156 e. The van der Waals surface area contributed by atoms with Gasteiger partial charge in [0, 0.05) is 18.5 Å². The van der Waals surface area contributed by atoms with E-state index in [0.29, 0.717) is 18.5 Å². The van der Waals surface area contributed by atoms with Crippen molar-refractivity contribution in [3.05, 3.63) is 35.9 Å². The van der Waals surface area contributed by atoms with Gasteiger partial charge in [0.05, 0.1) is 0 Å². The lowest BCUT2D eigenvalue weighted by molar-refractivity contribution is -0.114. The second-order valence-electron chi connectivity index (χ2n) is 3.17. The van der Waals surface area contributed by atoms with E-state index in [4.69, 9.17) is 12.2 Å². The average Bonchev–Trinajstić information content (AvgIpc) is 2.25. The summed E-state index contributed by atoms with van der Waals surface area (Å²) < 4.78 is 0. The van der Waals surface area contributed by atoms with Crippen molar-refractivity contribution in [2.45, 2.75) is 12.8 Å². The van der Waals surface area contributed by atoms with Crippen LogP contribution in [0.25, 0.3) is 6.08 Å². The molecule has 0 bridgehead atoms. The summed E-state index contributed by atoms with van der Waals surface area (Å²) >= 11 is 0. The molecule has 2 nitrogen and oxygen atoms in total. The van der Waals surface area contributed by atoms with Gasteiger partial charge >= 0.3 is 0 Å². The van der Waals surface area contributed by atoms with Crippen molar-refractivity contribution >= 4 is 17.5 Å². The third kappa shape index (κ3) is 4.15. The Labute approximate surface area is 89.8 Å². The first-order chi connectivity index (χ1) is 7.22. The number of nitrogen functional groups attached to an aromatic ring is 1. The van der Waals surface area contributed by atoms with Crippen molar-refractivity contribution in [3.63, 3.8) is 0 Å². The lowest BCUT2D eigenvalue weighted by atomic mass is 10.1. The number of nitrogens with two attached hydrogens (primary N) is 1. The number of ketones is 1. The molecule has 76 valence electrons. The summed E-state index contributed by atoms with van der Waals surface area (Å²) in [6, 6.07) is 7.32. The van der Waals surface area contributed by atoms with E-state index in [9.17, 15) is 4.79 Å². The Morgan fingerprint density at radius 1 is 1.40 bits per heavy atom. The summed E-state index contributed by atoms with van der Waals surface area (Å²) in [4.78, 5) is 11.2. The average molecular weight is 199 g/mol. The number of benzene rings is 1. The highest BCUT2D eigenvalue weighted by Gasteiger charge is 1.94. The summed E-state index contributed by atoms with van der Waals surface area (Å²) in [5, 5.41) is 0. The standard InChI is InChI=1S/C13H13NO/c1-2-3-4-13(15)10-7-11-5-8-12(14)9-6-11/h1,5-10H,3-4,14H2/b10-7+. The molecule has 0 aliphatic rings. The minimum Gasteiger partial charge on any atom is -0.399 e. The fraction of sp³-hybridized carbons (Fsp3) is 0.154. The van der Waals surface area contributed by atoms with Crippen LogP contribution in [0.1, 0.15) is 18.4 Å². The van der Waals surface area contributed by atoms with Gasteiger partial charge in [0.25, 0.3) is 0 Å². The van der Waals surface area contributed by atoms with Gasteiger partial charge in [-0.3, -0.25) is 4.79 Å². The second kappa shape index (κ2) is 5.66. The van der Waals surface area contributed by atoms with Gasteiger partial charge in [0.15, 0.2) is 5.78 Å². The molecule has 2 heteroatoms. The van der Waals surface area contributed by atoms with E-state index in [0.717, 1.165) is 5.56 Å². The Hall–Kier alpha value is -2.01. The minimum atomic E-state index is 0.0461. The maximum absolute atomic E-state index is 11.2. The Kier molecular flexibility index (Phi) is 4.18. The molecule has 1 aromatic rings. The lowest BCUT2D eigenvalue weighted by Gasteiger charge is -1.94. The zero-order valence-corrected chi connectivity index (χ0v) is 8.44. The van der Waals surface area contributed by atoms with E-state index in [1.165, 1.54) is 0 Å². The third-order valence-electron chi connectivity index (χ3n) is 1.91. The Bertz CT molecular complexity index is 396. The Balaban J connectivity index is 2.54. The van der Waals surface area contributed by atoms with Gasteiger partial charge in [0.2, 0.25) is 0 Å². The number of carbonyl (C=O) groups is 1. The molecular formula is C13H13NO. The summed E-state index contributed by atoms with van der Waals surface area (Å²) in [6.07, 6.45) is 9.26. The fourth-order valence-corrected chi connectivity index (χ4v) is 1.07. The zero-order valence-electron chi connectivity index (χ0n) is 8.44. The molecule has 1 rings (SSSR count). The largest absolute Gasteiger partial charge is 0.399 e. The van der Waals surface area contributed by atoms with Crippen molar-refractivity contribution in [3.8, 4) is 12.3 Å². The Morgan fingerprint density at radius 3 is 2.67 bits per heavy atom. The van der Waals surface area contributed by atoms with Crippen LogP contribution in [0.4, 0.5) is 5.69 Å². The van der Waals surface area contributed by atoms with Crippen molar-refractivity contribution in [2.75, 3.05) is 5.73 Å². The quantitative estimate of drug-likeness (QED) is 0.459. The molecule has 0 amide bonds. The molecule has 0 aliphatic heterocycles. The lowest BCUT2D eigenvalue weighted by Crippen LogP contribution is -1.90. The van der Waals surface area contributed by atoms with Crippen LogP contribution in [0.15, 0.2) is 30.3 Å². The minimum absolute atomic E-state index is 0.0461. The molecule has 0 heterocycles. The van der Waals surface area contributed by atoms with Gasteiger partial charge in [-0.1, -0.05) is 18.2 Å². The molecule has 0 radical (unpaired) electrons. The zero-order chi connectivity index (χ0) is 11.1. The number of anilines is 1. The Morgan fingerprint density at radius 2 is 2.07 bits per heavy atom. The van der Waals surface area contributed by atoms with E-state index < -0.39 is 0 Å². The fourth-order valence-electron chi connectivity index (χ4n) is 1.07. The first-order valence-electron chi connectivity index (χ1n) is 4.72. The van der Waals surface area contributed by atoms with E-state index in [2.05, 4.69) is 5.92 Å². The van der Waals surface area contributed by atoms with Crippen LogP contribution >= 0.6 is 0 Å². The predicted molar refractivity (Wildman–Crippen MR) is 63.0 cm³/mol. The van der Waals surface area contributed by atoms with Crippen LogP contribution in [-0.4, -0.2) is 5.78 Å². The van der Waals surface area contributed by atoms with Crippen LogP contribution in [0, 0.1) is 12.3 Å². The van der Waals surface area contributed by atoms with E-state index in [1.807, 2.05) is 12.1 Å². The molecule has 0 saturated carbocycles. The summed E-state index contributed by atoms with van der Waals surface area (Å²) in [5.41, 5.74) is 7.21. The highest BCUT2D eigenvalue weighted by molar-refractivity contribution is 5.93. The number of carbonyl (C=O) groups excluding carboxylic acids is 1. The molecule has 1 aromatic carbocycles. The predicted octanol–water partition coefficient (Wildman–Crippen LogP) is 2.26. The van der Waals surface area contributed by atoms with E-state index in [-0.39, 0.29) is 5.78 Å². The maximum atomic E-state index is 11.2. The summed E-state index contributed by atoms with van der Waals surface area (Å²) in [5.74, 6) is 2.48. The third-order valence-corrected chi connectivity index (χ3v) is 1.91. The molecule has 0 aromatic heterocycles. The SMILES string of the molecule is C#CCCC(=O)/C=C/c1ccc(N)cc1. The van der Waals surface area contributed by atoms with Gasteiger partial charge in [-0.05, 0) is 23.8 Å². The van der Waals surface area contributed by atoms with Gasteiger partial charge in [-0.15, -0.1) is 12.3 Å². The second-order valence-corrected chi connectivity index (χ2v) is 3.17. The molecule has 0 fully saturated rings. The van der Waals surface area contributed by atoms with E-state index >= 15 is 0 Å². The van der Waals surface area contributed by atoms with Crippen molar-refractivity contribution in [1.29, 1.82) is 0 Å². The molecule has 0 saturated heterocycles.